The summed E-state index contributed by atoms with van der Waals surface area (Å²) in [5.74, 6) is 1.76. The highest BCUT2D eigenvalue weighted by Gasteiger charge is 2.06. The molecule has 0 amide bonds. The Balaban J connectivity index is 1.76. The van der Waals surface area contributed by atoms with Crippen molar-refractivity contribution in [1.82, 2.24) is 0 Å². The van der Waals surface area contributed by atoms with Crippen molar-refractivity contribution >= 4 is 5.97 Å². The van der Waals surface area contributed by atoms with E-state index in [1.807, 2.05) is 24.3 Å². The first kappa shape index (κ1) is 19.4. The Morgan fingerprint density at radius 2 is 1.73 bits per heavy atom. The number of hydrogen-bond acceptors (Lipinski definition) is 5. The molecular weight excluding hydrogens is 332 g/mol. The summed E-state index contributed by atoms with van der Waals surface area (Å²) in [5.41, 5.74) is 1.62. The van der Waals surface area contributed by atoms with Gasteiger partial charge in [-0.15, -0.1) is 6.58 Å². The van der Waals surface area contributed by atoms with Crippen LogP contribution in [0.4, 0.5) is 0 Å². The second kappa shape index (κ2) is 10.1. The molecular formula is C21H24O5. The number of hydrogen-bond donors (Lipinski definition) is 0. The lowest BCUT2D eigenvalue weighted by atomic mass is 10.1. The highest BCUT2D eigenvalue weighted by atomic mass is 16.5. The minimum atomic E-state index is -0.363. The second-order valence-electron chi connectivity index (χ2n) is 5.54. The van der Waals surface area contributed by atoms with Gasteiger partial charge in [-0.3, -0.25) is 0 Å². The van der Waals surface area contributed by atoms with Crippen molar-refractivity contribution in [3.8, 4) is 17.2 Å². The number of allylic oxidation sites excluding steroid dienone is 1. The highest BCUT2D eigenvalue weighted by Crippen LogP contribution is 2.28. The van der Waals surface area contributed by atoms with Gasteiger partial charge in [0.1, 0.15) is 5.75 Å². The van der Waals surface area contributed by atoms with E-state index in [4.69, 9.17) is 14.2 Å². The van der Waals surface area contributed by atoms with E-state index in [1.54, 1.807) is 31.4 Å². The monoisotopic (exact) mass is 356 g/mol. The lowest BCUT2D eigenvalue weighted by Gasteiger charge is -2.12. The molecule has 5 heteroatoms. The molecule has 0 fully saturated rings. The summed E-state index contributed by atoms with van der Waals surface area (Å²) in [7, 11) is 2.98. The lowest BCUT2D eigenvalue weighted by Crippen LogP contribution is -2.06. The van der Waals surface area contributed by atoms with Gasteiger partial charge >= 0.3 is 5.97 Å². The Bertz CT molecular complexity index is 722. The smallest absolute Gasteiger partial charge is 0.337 e. The van der Waals surface area contributed by atoms with E-state index in [9.17, 15) is 4.79 Å². The third-order valence-corrected chi connectivity index (χ3v) is 3.70. The number of benzene rings is 2. The van der Waals surface area contributed by atoms with Crippen molar-refractivity contribution in [2.24, 2.45) is 0 Å². The van der Waals surface area contributed by atoms with Crippen LogP contribution < -0.4 is 14.2 Å². The van der Waals surface area contributed by atoms with E-state index in [0.29, 0.717) is 36.0 Å². The summed E-state index contributed by atoms with van der Waals surface area (Å²) >= 11 is 0. The first-order valence-electron chi connectivity index (χ1n) is 8.39. The minimum Gasteiger partial charge on any atom is -0.493 e. The topological polar surface area (TPSA) is 54.0 Å². The van der Waals surface area contributed by atoms with Crippen molar-refractivity contribution in [2.75, 3.05) is 27.4 Å². The molecule has 0 aliphatic carbocycles. The van der Waals surface area contributed by atoms with Crippen LogP contribution in [-0.4, -0.2) is 33.4 Å². The lowest BCUT2D eigenvalue weighted by molar-refractivity contribution is 0.0600. The number of rotatable bonds is 10. The molecule has 138 valence electrons. The molecule has 26 heavy (non-hydrogen) atoms. The standard InChI is InChI=1S/C21H24O5/c1-4-6-16-7-12-19(20(15-16)23-2)26-14-5-13-25-18-10-8-17(9-11-18)21(22)24-3/h4,7-12,15H,1,5-6,13-14H2,2-3H3. The van der Waals surface area contributed by atoms with Crippen molar-refractivity contribution in [1.29, 1.82) is 0 Å². The van der Waals surface area contributed by atoms with Crippen molar-refractivity contribution < 1.29 is 23.7 Å². The number of methoxy groups -OCH3 is 2. The van der Waals surface area contributed by atoms with E-state index < -0.39 is 0 Å². The molecule has 0 aliphatic heterocycles. The van der Waals surface area contributed by atoms with E-state index in [-0.39, 0.29) is 5.97 Å². The fourth-order valence-electron chi connectivity index (χ4n) is 2.36. The van der Waals surface area contributed by atoms with E-state index in [1.165, 1.54) is 7.11 Å². The average molecular weight is 356 g/mol. The van der Waals surface area contributed by atoms with Crippen LogP contribution in [0.25, 0.3) is 0 Å². The van der Waals surface area contributed by atoms with Gasteiger partial charge in [0.25, 0.3) is 0 Å². The van der Waals surface area contributed by atoms with Gasteiger partial charge in [0.05, 0.1) is 33.0 Å². The average Bonchev–Trinajstić information content (AvgIpc) is 2.68. The molecule has 2 aromatic rings. The normalized spacial score (nSPS) is 10.1. The van der Waals surface area contributed by atoms with Gasteiger partial charge in [-0.1, -0.05) is 12.1 Å². The zero-order chi connectivity index (χ0) is 18.8. The molecule has 0 bridgehead atoms. The Morgan fingerprint density at radius 3 is 2.38 bits per heavy atom. The quantitative estimate of drug-likeness (QED) is 0.365. The summed E-state index contributed by atoms with van der Waals surface area (Å²) in [5, 5.41) is 0. The van der Waals surface area contributed by atoms with E-state index in [0.717, 1.165) is 18.4 Å². The van der Waals surface area contributed by atoms with Gasteiger partial charge in [0.15, 0.2) is 11.5 Å². The molecule has 0 unspecified atom stereocenters. The minimum absolute atomic E-state index is 0.363. The zero-order valence-corrected chi connectivity index (χ0v) is 15.2. The fourth-order valence-corrected chi connectivity index (χ4v) is 2.36. The largest absolute Gasteiger partial charge is 0.493 e. The predicted molar refractivity (Wildman–Crippen MR) is 100 cm³/mol. The van der Waals surface area contributed by atoms with Gasteiger partial charge < -0.3 is 18.9 Å². The van der Waals surface area contributed by atoms with Crippen molar-refractivity contribution in [3.63, 3.8) is 0 Å². The van der Waals surface area contributed by atoms with Gasteiger partial charge in [-0.2, -0.15) is 0 Å². The molecule has 0 saturated carbocycles. The molecule has 0 N–H and O–H groups in total. The van der Waals surface area contributed by atoms with Gasteiger partial charge in [-0.25, -0.2) is 4.79 Å². The molecule has 0 spiro atoms. The molecule has 0 aromatic heterocycles. The number of carbonyl (C=O) groups excluding carboxylic acids is 1. The zero-order valence-electron chi connectivity index (χ0n) is 15.2. The molecule has 0 aliphatic rings. The Morgan fingerprint density at radius 1 is 1.00 bits per heavy atom. The van der Waals surface area contributed by atoms with Crippen LogP contribution in [0.15, 0.2) is 55.1 Å². The van der Waals surface area contributed by atoms with Crippen LogP contribution in [0.1, 0.15) is 22.3 Å². The third kappa shape index (κ3) is 5.55. The Hall–Kier alpha value is -2.95. The molecule has 0 radical (unpaired) electrons. The SMILES string of the molecule is C=CCc1ccc(OCCCOc2ccc(C(=O)OC)cc2)c(OC)c1. The van der Waals surface area contributed by atoms with Crippen molar-refractivity contribution in [3.05, 3.63) is 66.2 Å². The number of esters is 1. The third-order valence-electron chi connectivity index (χ3n) is 3.70. The summed E-state index contributed by atoms with van der Waals surface area (Å²) < 4.78 is 21.4. The van der Waals surface area contributed by atoms with Gasteiger partial charge in [-0.05, 0) is 48.4 Å². The van der Waals surface area contributed by atoms with Crippen molar-refractivity contribution in [2.45, 2.75) is 12.8 Å². The maximum atomic E-state index is 11.4. The second-order valence-corrected chi connectivity index (χ2v) is 5.54. The number of ether oxygens (including phenoxy) is 4. The van der Waals surface area contributed by atoms with Crippen LogP contribution in [0.3, 0.4) is 0 Å². The summed E-state index contributed by atoms with van der Waals surface area (Å²) in [4.78, 5) is 11.4. The van der Waals surface area contributed by atoms with Gasteiger partial charge in [0, 0.05) is 6.42 Å². The molecule has 0 atom stereocenters. The maximum absolute atomic E-state index is 11.4. The molecule has 0 saturated heterocycles. The fraction of sp³-hybridized carbons (Fsp3) is 0.286. The summed E-state index contributed by atoms with van der Waals surface area (Å²) in [6.45, 7) is 4.76. The first-order valence-corrected chi connectivity index (χ1v) is 8.39. The number of carbonyl (C=O) groups is 1. The summed E-state index contributed by atoms with van der Waals surface area (Å²) in [6.07, 6.45) is 3.36. The molecule has 2 aromatic carbocycles. The Labute approximate surface area is 154 Å². The van der Waals surface area contributed by atoms with Crippen LogP contribution in [0, 0.1) is 0 Å². The summed E-state index contributed by atoms with van der Waals surface area (Å²) in [6, 6.07) is 12.7. The predicted octanol–water partition coefficient (Wildman–Crippen LogP) is 4.06. The van der Waals surface area contributed by atoms with Crippen LogP contribution >= 0.6 is 0 Å². The van der Waals surface area contributed by atoms with Crippen LogP contribution in [0.5, 0.6) is 17.2 Å². The molecule has 0 heterocycles. The van der Waals surface area contributed by atoms with Crippen LogP contribution in [-0.2, 0) is 11.2 Å². The molecule has 5 nitrogen and oxygen atoms in total. The first-order chi connectivity index (χ1) is 12.7. The van der Waals surface area contributed by atoms with E-state index in [2.05, 4.69) is 11.3 Å². The highest BCUT2D eigenvalue weighted by molar-refractivity contribution is 5.89. The van der Waals surface area contributed by atoms with Gasteiger partial charge in [0.2, 0.25) is 0 Å². The Kier molecular flexibility index (Phi) is 7.55. The van der Waals surface area contributed by atoms with Crippen LogP contribution in [0.2, 0.25) is 0 Å². The molecule has 2 rings (SSSR count). The maximum Gasteiger partial charge on any atom is 0.337 e. The van der Waals surface area contributed by atoms with E-state index >= 15 is 0 Å².